The van der Waals surface area contributed by atoms with E-state index in [0.717, 1.165) is 6.07 Å². The van der Waals surface area contributed by atoms with Gasteiger partial charge in [-0.25, -0.2) is 0 Å². The Morgan fingerprint density at radius 2 is 1.74 bits per heavy atom. The fourth-order valence-electron chi connectivity index (χ4n) is 1.61. The number of methoxy groups -OCH3 is 3. The van der Waals surface area contributed by atoms with E-state index in [1.165, 1.54) is 21.3 Å². The number of carbonyl (C=O) groups excluding carboxylic acids is 1. The van der Waals surface area contributed by atoms with E-state index < -0.39 is 16.4 Å². The summed E-state index contributed by atoms with van der Waals surface area (Å²) in [5, 5.41) is 11.0. The molecule has 1 rings (SSSR count). The topological polar surface area (TPSA) is 87.9 Å². The lowest BCUT2D eigenvalue weighted by atomic mass is 10.1. The minimum absolute atomic E-state index is 0.0207. The maximum absolute atomic E-state index is 11.7. The first-order chi connectivity index (χ1) is 9.01. The molecule has 0 aliphatic rings. The summed E-state index contributed by atoms with van der Waals surface area (Å²) in [5.41, 5.74) is -0.421. The van der Waals surface area contributed by atoms with Crippen molar-refractivity contribution >= 4 is 23.1 Å². The third-order valence-electron chi connectivity index (χ3n) is 2.40. The smallest absolute Gasteiger partial charge is 0.315 e. The summed E-state index contributed by atoms with van der Waals surface area (Å²) >= 11 is 5.47. The van der Waals surface area contributed by atoms with Crippen LogP contribution >= 0.6 is 11.6 Å². The summed E-state index contributed by atoms with van der Waals surface area (Å²) < 4.78 is 15.0. The number of rotatable bonds is 6. The lowest BCUT2D eigenvalue weighted by Crippen LogP contribution is -2.08. The van der Waals surface area contributed by atoms with Gasteiger partial charge in [0.15, 0.2) is 11.5 Å². The molecule has 104 valence electrons. The quantitative estimate of drug-likeness (QED) is 0.345. The molecule has 8 heteroatoms. The fraction of sp³-hybridized carbons (Fsp3) is 0.364. The molecule has 19 heavy (non-hydrogen) atoms. The van der Waals surface area contributed by atoms with Crippen molar-refractivity contribution in [3.63, 3.8) is 0 Å². The van der Waals surface area contributed by atoms with Gasteiger partial charge in [0.1, 0.15) is 0 Å². The molecular weight excluding hydrogens is 278 g/mol. The molecule has 0 spiro atoms. The van der Waals surface area contributed by atoms with Crippen LogP contribution in [0.2, 0.25) is 0 Å². The zero-order chi connectivity index (χ0) is 14.6. The first kappa shape index (κ1) is 15.0. The van der Waals surface area contributed by atoms with E-state index in [1.54, 1.807) is 0 Å². The molecular formula is C11H12ClNO6. The van der Waals surface area contributed by atoms with Gasteiger partial charge in [0.25, 0.3) is 0 Å². The molecule has 0 aliphatic heterocycles. The van der Waals surface area contributed by atoms with Gasteiger partial charge in [-0.2, -0.15) is 0 Å². The Balaban J connectivity index is 3.70. The fourth-order valence-corrected chi connectivity index (χ4v) is 1.75. The molecule has 0 saturated heterocycles. The van der Waals surface area contributed by atoms with Crippen LogP contribution in [0.1, 0.15) is 10.4 Å². The number of hydrogen-bond donors (Lipinski definition) is 0. The van der Waals surface area contributed by atoms with Crippen LogP contribution in [0.25, 0.3) is 0 Å². The number of ketones is 1. The minimum Gasteiger partial charge on any atom is -0.492 e. The van der Waals surface area contributed by atoms with E-state index in [9.17, 15) is 14.9 Å². The third kappa shape index (κ3) is 2.70. The lowest BCUT2D eigenvalue weighted by molar-refractivity contribution is -0.385. The van der Waals surface area contributed by atoms with Crippen LogP contribution in [0.4, 0.5) is 5.69 Å². The van der Waals surface area contributed by atoms with Crippen molar-refractivity contribution in [3.8, 4) is 17.2 Å². The first-order valence-corrected chi connectivity index (χ1v) is 5.61. The predicted molar refractivity (Wildman–Crippen MR) is 67.8 cm³/mol. The van der Waals surface area contributed by atoms with Crippen molar-refractivity contribution < 1.29 is 23.9 Å². The summed E-state index contributed by atoms with van der Waals surface area (Å²) in [5.74, 6) is -0.926. The highest BCUT2D eigenvalue weighted by molar-refractivity contribution is 6.31. The zero-order valence-corrected chi connectivity index (χ0v) is 11.3. The highest BCUT2D eigenvalue weighted by Crippen LogP contribution is 2.46. The summed E-state index contributed by atoms with van der Waals surface area (Å²) in [6.07, 6.45) is 0. The van der Waals surface area contributed by atoms with Gasteiger partial charge in [0.05, 0.1) is 37.7 Å². The molecule has 0 unspecified atom stereocenters. The molecule has 7 nitrogen and oxygen atoms in total. The molecule has 1 aromatic rings. The molecule has 0 amide bonds. The number of ether oxygens (including phenoxy) is 3. The highest BCUT2D eigenvalue weighted by Gasteiger charge is 2.29. The van der Waals surface area contributed by atoms with E-state index in [2.05, 4.69) is 0 Å². The second-order valence-corrected chi connectivity index (χ2v) is 3.62. The van der Waals surface area contributed by atoms with Gasteiger partial charge in [-0.1, -0.05) is 0 Å². The van der Waals surface area contributed by atoms with Crippen LogP contribution in [-0.2, 0) is 0 Å². The Morgan fingerprint density at radius 3 is 2.11 bits per heavy atom. The second-order valence-electron chi connectivity index (χ2n) is 3.36. The standard InChI is InChI=1S/C11H12ClNO6/c1-17-9-6(8(14)5-12)4-7(13(15)16)10(18-2)11(9)19-3/h4H,5H2,1-3H3. The predicted octanol–water partition coefficient (Wildman–Crippen LogP) is 2.04. The van der Waals surface area contributed by atoms with E-state index in [0.29, 0.717) is 0 Å². The van der Waals surface area contributed by atoms with Gasteiger partial charge < -0.3 is 14.2 Å². The Labute approximate surface area is 114 Å². The van der Waals surface area contributed by atoms with Gasteiger partial charge in [-0.3, -0.25) is 14.9 Å². The minimum atomic E-state index is -0.675. The number of nitro benzene ring substituents is 1. The van der Waals surface area contributed by atoms with Crippen molar-refractivity contribution in [1.29, 1.82) is 0 Å². The van der Waals surface area contributed by atoms with E-state index in [1.807, 2.05) is 0 Å². The monoisotopic (exact) mass is 289 g/mol. The van der Waals surface area contributed by atoms with E-state index >= 15 is 0 Å². The first-order valence-electron chi connectivity index (χ1n) is 5.08. The molecule has 0 N–H and O–H groups in total. The largest absolute Gasteiger partial charge is 0.492 e. The number of hydrogen-bond acceptors (Lipinski definition) is 6. The van der Waals surface area contributed by atoms with Crippen molar-refractivity contribution in [1.82, 2.24) is 0 Å². The van der Waals surface area contributed by atoms with Crippen LogP contribution in [0.5, 0.6) is 17.2 Å². The number of nitro groups is 1. The van der Waals surface area contributed by atoms with Crippen LogP contribution in [-0.4, -0.2) is 37.9 Å². The average Bonchev–Trinajstić information content (AvgIpc) is 2.43. The van der Waals surface area contributed by atoms with Crippen molar-refractivity contribution in [2.24, 2.45) is 0 Å². The summed E-state index contributed by atoms with van der Waals surface area (Å²) in [6.45, 7) is 0. The lowest BCUT2D eigenvalue weighted by Gasteiger charge is -2.14. The molecule has 0 fully saturated rings. The summed E-state index contributed by atoms with van der Waals surface area (Å²) in [7, 11) is 3.86. The van der Waals surface area contributed by atoms with Gasteiger partial charge in [-0.15, -0.1) is 11.6 Å². The van der Waals surface area contributed by atoms with Crippen LogP contribution < -0.4 is 14.2 Å². The van der Waals surface area contributed by atoms with E-state index in [-0.39, 0.29) is 28.7 Å². The average molecular weight is 290 g/mol. The van der Waals surface area contributed by atoms with E-state index in [4.69, 9.17) is 25.8 Å². The molecule has 0 atom stereocenters. The molecule has 0 radical (unpaired) electrons. The molecule has 1 aromatic carbocycles. The normalized spacial score (nSPS) is 9.89. The number of Topliss-reactive ketones (excluding diaryl/α,β-unsaturated/α-hetero) is 1. The van der Waals surface area contributed by atoms with Crippen LogP contribution in [0.3, 0.4) is 0 Å². The number of carbonyl (C=O) groups is 1. The van der Waals surface area contributed by atoms with Crippen molar-refractivity contribution in [2.45, 2.75) is 0 Å². The van der Waals surface area contributed by atoms with Crippen LogP contribution in [0.15, 0.2) is 6.07 Å². The second kappa shape index (κ2) is 6.24. The molecule has 0 aliphatic carbocycles. The Kier molecular flexibility index (Phi) is 4.94. The molecule has 0 bridgehead atoms. The molecule has 0 saturated carbocycles. The molecule has 0 aromatic heterocycles. The highest BCUT2D eigenvalue weighted by atomic mass is 35.5. The van der Waals surface area contributed by atoms with Gasteiger partial charge >= 0.3 is 5.69 Å². The van der Waals surface area contributed by atoms with Gasteiger partial charge in [-0.05, 0) is 0 Å². The van der Waals surface area contributed by atoms with Crippen molar-refractivity contribution in [2.75, 3.05) is 27.2 Å². The maximum atomic E-state index is 11.7. The van der Waals surface area contributed by atoms with Gasteiger partial charge in [0, 0.05) is 6.07 Å². The van der Waals surface area contributed by atoms with Gasteiger partial charge in [0.2, 0.25) is 11.5 Å². The Morgan fingerprint density at radius 1 is 1.21 bits per heavy atom. The zero-order valence-electron chi connectivity index (χ0n) is 10.6. The summed E-state index contributed by atoms with van der Waals surface area (Å²) in [4.78, 5) is 22.0. The SMILES string of the molecule is COc1c(C(=O)CCl)cc([N+](=O)[O-])c(OC)c1OC. The number of halogens is 1. The molecule has 0 heterocycles. The Bertz CT molecular complexity index is 516. The Hall–Kier alpha value is -2.02. The number of nitrogens with zero attached hydrogens (tertiary/aromatic N) is 1. The number of benzene rings is 1. The summed E-state index contributed by atoms with van der Waals surface area (Å²) in [6, 6.07) is 1.06. The number of alkyl halides is 1. The maximum Gasteiger partial charge on any atom is 0.315 e. The van der Waals surface area contributed by atoms with Crippen molar-refractivity contribution in [3.05, 3.63) is 21.7 Å². The van der Waals surface area contributed by atoms with Crippen LogP contribution in [0, 0.1) is 10.1 Å². The third-order valence-corrected chi connectivity index (χ3v) is 2.64.